The number of unbranched alkanes of at least 4 members (excludes halogenated alkanes) is 17. The van der Waals surface area contributed by atoms with Crippen LogP contribution < -0.4 is 0 Å². The average Bonchev–Trinajstić information content (AvgIpc) is 2.72. The Morgan fingerprint density at radius 3 is 1.59 bits per heavy atom. The van der Waals surface area contributed by atoms with Crippen LogP contribution in [-0.2, 0) is 9.53 Å². The van der Waals surface area contributed by atoms with Crippen LogP contribution in [0, 0.1) is 0 Å². The van der Waals surface area contributed by atoms with Gasteiger partial charge in [-0.15, -0.1) is 0 Å². The molecular formula is C27H52O2. The lowest BCUT2D eigenvalue weighted by Gasteiger charge is -2.05. The maximum Gasteiger partial charge on any atom is 0.305 e. The van der Waals surface area contributed by atoms with Crippen LogP contribution in [0.1, 0.15) is 149 Å². The van der Waals surface area contributed by atoms with Crippen LogP contribution in [0.5, 0.6) is 0 Å². The van der Waals surface area contributed by atoms with Crippen LogP contribution in [0.15, 0.2) is 12.2 Å². The van der Waals surface area contributed by atoms with Crippen molar-refractivity contribution in [2.24, 2.45) is 0 Å². The SMILES string of the molecule is CCCC/C=C\CCCCCCCC(=O)OCCCCCCCCCCCCC. The molecule has 0 aliphatic carbocycles. The molecule has 0 aromatic heterocycles. The lowest BCUT2D eigenvalue weighted by molar-refractivity contribution is -0.143. The average molecular weight is 409 g/mol. The molecule has 0 unspecified atom stereocenters. The van der Waals surface area contributed by atoms with Crippen molar-refractivity contribution in [3.8, 4) is 0 Å². The molecular weight excluding hydrogens is 356 g/mol. The summed E-state index contributed by atoms with van der Waals surface area (Å²) in [7, 11) is 0. The number of allylic oxidation sites excluding steroid dienone is 2. The second kappa shape index (κ2) is 25.2. The van der Waals surface area contributed by atoms with Gasteiger partial charge in [0.1, 0.15) is 0 Å². The Morgan fingerprint density at radius 2 is 1.00 bits per heavy atom. The molecule has 0 saturated carbocycles. The molecule has 0 aromatic rings. The summed E-state index contributed by atoms with van der Waals surface area (Å²) in [6.45, 7) is 5.14. The molecule has 0 bridgehead atoms. The predicted octanol–water partition coefficient (Wildman–Crippen LogP) is 9.32. The number of carbonyl (C=O) groups excluding carboxylic acids is 1. The summed E-state index contributed by atoms with van der Waals surface area (Å²) in [5, 5.41) is 0. The highest BCUT2D eigenvalue weighted by molar-refractivity contribution is 5.69. The minimum atomic E-state index is 0.0101. The van der Waals surface area contributed by atoms with Gasteiger partial charge in [0.25, 0.3) is 0 Å². The van der Waals surface area contributed by atoms with E-state index in [1.54, 1.807) is 0 Å². The van der Waals surface area contributed by atoms with E-state index in [1.165, 1.54) is 109 Å². The van der Waals surface area contributed by atoms with Crippen molar-refractivity contribution < 1.29 is 9.53 Å². The van der Waals surface area contributed by atoms with E-state index in [0.717, 1.165) is 19.3 Å². The first kappa shape index (κ1) is 28.2. The third-order valence-corrected chi connectivity index (χ3v) is 5.65. The summed E-state index contributed by atoms with van der Waals surface area (Å²) >= 11 is 0. The molecule has 0 radical (unpaired) electrons. The fourth-order valence-corrected chi connectivity index (χ4v) is 3.64. The molecule has 0 fully saturated rings. The van der Waals surface area contributed by atoms with Crippen LogP contribution >= 0.6 is 0 Å². The highest BCUT2D eigenvalue weighted by Gasteiger charge is 2.02. The van der Waals surface area contributed by atoms with E-state index in [0.29, 0.717) is 13.0 Å². The Hall–Kier alpha value is -0.790. The van der Waals surface area contributed by atoms with Crippen molar-refractivity contribution in [1.82, 2.24) is 0 Å². The molecule has 0 aliphatic rings. The van der Waals surface area contributed by atoms with Crippen molar-refractivity contribution in [3.05, 3.63) is 12.2 Å². The third-order valence-electron chi connectivity index (χ3n) is 5.65. The van der Waals surface area contributed by atoms with Crippen LogP contribution in [0.25, 0.3) is 0 Å². The normalized spacial score (nSPS) is 11.4. The lowest BCUT2D eigenvalue weighted by Crippen LogP contribution is -2.05. The first-order valence-corrected chi connectivity index (χ1v) is 13.1. The Morgan fingerprint density at radius 1 is 0.552 bits per heavy atom. The Labute approximate surface area is 183 Å². The summed E-state index contributed by atoms with van der Waals surface area (Å²) in [6, 6.07) is 0. The number of rotatable bonds is 23. The molecule has 29 heavy (non-hydrogen) atoms. The first-order valence-electron chi connectivity index (χ1n) is 13.1. The number of hydrogen-bond acceptors (Lipinski definition) is 2. The number of hydrogen-bond donors (Lipinski definition) is 0. The van der Waals surface area contributed by atoms with Gasteiger partial charge in [-0.3, -0.25) is 4.79 Å². The zero-order valence-corrected chi connectivity index (χ0v) is 20.0. The summed E-state index contributed by atoms with van der Waals surface area (Å²) in [6.07, 6.45) is 30.9. The molecule has 2 heteroatoms. The second-order valence-electron chi connectivity index (χ2n) is 8.68. The molecule has 0 rings (SSSR count). The maximum absolute atomic E-state index is 11.8. The number of esters is 1. The van der Waals surface area contributed by atoms with E-state index in [9.17, 15) is 4.79 Å². The lowest BCUT2D eigenvalue weighted by atomic mass is 10.1. The molecule has 0 heterocycles. The molecule has 0 amide bonds. The van der Waals surface area contributed by atoms with Crippen LogP contribution in [0.2, 0.25) is 0 Å². The third kappa shape index (κ3) is 25.2. The summed E-state index contributed by atoms with van der Waals surface area (Å²) in [4.78, 5) is 11.8. The van der Waals surface area contributed by atoms with Gasteiger partial charge in [0.05, 0.1) is 6.61 Å². The van der Waals surface area contributed by atoms with E-state index in [-0.39, 0.29) is 5.97 Å². The van der Waals surface area contributed by atoms with Gasteiger partial charge in [0.15, 0.2) is 0 Å². The van der Waals surface area contributed by atoms with Crippen molar-refractivity contribution in [2.45, 2.75) is 149 Å². The monoisotopic (exact) mass is 408 g/mol. The topological polar surface area (TPSA) is 26.3 Å². The van der Waals surface area contributed by atoms with Gasteiger partial charge >= 0.3 is 5.97 Å². The quantitative estimate of drug-likeness (QED) is 0.0956. The van der Waals surface area contributed by atoms with Gasteiger partial charge in [0, 0.05) is 6.42 Å². The van der Waals surface area contributed by atoms with E-state index >= 15 is 0 Å². The van der Waals surface area contributed by atoms with E-state index in [4.69, 9.17) is 4.74 Å². The van der Waals surface area contributed by atoms with Crippen molar-refractivity contribution in [2.75, 3.05) is 6.61 Å². The van der Waals surface area contributed by atoms with Gasteiger partial charge in [-0.1, -0.05) is 122 Å². The van der Waals surface area contributed by atoms with Gasteiger partial charge < -0.3 is 4.74 Å². The van der Waals surface area contributed by atoms with E-state index < -0.39 is 0 Å². The van der Waals surface area contributed by atoms with E-state index in [1.807, 2.05) is 0 Å². The molecule has 0 aromatic carbocycles. The van der Waals surface area contributed by atoms with Crippen molar-refractivity contribution >= 4 is 5.97 Å². The largest absolute Gasteiger partial charge is 0.466 e. The molecule has 0 atom stereocenters. The summed E-state index contributed by atoms with van der Waals surface area (Å²) in [5.74, 6) is 0.0101. The fourth-order valence-electron chi connectivity index (χ4n) is 3.64. The standard InChI is InChI=1S/C27H52O2/c1-3-5-7-9-11-13-15-17-19-21-23-25-27(28)29-26-24-22-20-18-16-14-12-10-8-6-4-2/h9,11H,3-8,10,12-26H2,1-2H3/b11-9-. The maximum atomic E-state index is 11.8. The molecule has 172 valence electrons. The number of carbonyl (C=O) groups is 1. The van der Waals surface area contributed by atoms with Crippen molar-refractivity contribution in [1.29, 1.82) is 0 Å². The smallest absolute Gasteiger partial charge is 0.305 e. The van der Waals surface area contributed by atoms with Gasteiger partial charge in [0.2, 0.25) is 0 Å². The zero-order chi connectivity index (χ0) is 21.3. The Balaban J connectivity index is 3.18. The van der Waals surface area contributed by atoms with Crippen LogP contribution in [-0.4, -0.2) is 12.6 Å². The highest BCUT2D eigenvalue weighted by Crippen LogP contribution is 2.12. The molecule has 2 nitrogen and oxygen atoms in total. The molecule has 0 spiro atoms. The first-order chi connectivity index (χ1) is 14.3. The summed E-state index contributed by atoms with van der Waals surface area (Å²) < 4.78 is 5.37. The fraction of sp³-hybridized carbons (Fsp3) is 0.889. The van der Waals surface area contributed by atoms with Gasteiger partial charge in [-0.05, 0) is 32.1 Å². The predicted molar refractivity (Wildman–Crippen MR) is 128 cm³/mol. The van der Waals surface area contributed by atoms with E-state index in [2.05, 4.69) is 26.0 Å². The minimum absolute atomic E-state index is 0.0101. The van der Waals surface area contributed by atoms with Gasteiger partial charge in [-0.2, -0.15) is 0 Å². The Kier molecular flexibility index (Phi) is 24.6. The van der Waals surface area contributed by atoms with Gasteiger partial charge in [-0.25, -0.2) is 0 Å². The molecule has 0 aliphatic heterocycles. The molecule has 0 N–H and O–H groups in total. The van der Waals surface area contributed by atoms with Crippen LogP contribution in [0.3, 0.4) is 0 Å². The van der Waals surface area contributed by atoms with Crippen LogP contribution in [0.4, 0.5) is 0 Å². The summed E-state index contributed by atoms with van der Waals surface area (Å²) in [5.41, 5.74) is 0. The highest BCUT2D eigenvalue weighted by atomic mass is 16.5. The zero-order valence-electron chi connectivity index (χ0n) is 20.0. The van der Waals surface area contributed by atoms with Crippen molar-refractivity contribution in [3.63, 3.8) is 0 Å². The minimum Gasteiger partial charge on any atom is -0.466 e. The second-order valence-corrected chi connectivity index (χ2v) is 8.68. The number of ether oxygens (including phenoxy) is 1. The Bertz CT molecular complexity index is 348. The molecule has 0 saturated heterocycles.